The van der Waals surface area contributed by atoms with Gasteiger partial charge in [0.2, 0.25) is 10.0 Å². The molecule has 0 unspecified atom stereocenters. The number of fused-ring (bicyclic) bond motifs is 4. The molecule has 4 heterocycles. The largest absolute Gasteiger partial charge is 0.361 e. The molecule has 1 aromatic carbocycles. The van der Waals surface area contributed by atoms with Crippen LogP contribution in [0, 0.1) is 25.6 Å². The van der Waals surface area contributed by atoms with Gasteiger partial charge in [0, 0.05) is 37.8 Å². The Labute approximate surface area is 159 Å². The predicted octanol–water partition coefficient (Wildman–Crippen LogP) is 2.72. The molecular formula is C19H24FN3O3S. The third-order valence-electron chi connectivity index (χ3n) is 5.70. The molecule has 3 fully saturated rings. The fourth-order valence-electron chi connectivity index (χ4n) is 4.27. The van der Waals surface area contributed by atoms with Crippen molar-refractivity contribution in [2.45, 2.75) is 44.2 Å². The van der Waals surface area contributed by atoms with Gasteiger partial charge in [-0.25, -0.2) is 12.8 Å². The van der Waals surface area contributed by atoms with Crippen molar-refractivity contribution in [3.8, 4) is 0 Å². The quantitative estimate of drug-likeness (QED) is 0.799. The lowest BCUT2D eigenvalue weighted by atomic mass is 9.97. The highest BCUT2D eigenvalue weighted by atomic mass is 32.2. The molecule has 2 bridgehead atoms. The van der Waals surface area contributed by atoms with E-state index in [9.17, 15) is 12.8 Å². The summed E-state index contributed by atoms with van der Waals surface area (Å²) >= 11 is 0. The van der Waals surface area contributed by atoms with Gasteiger partial charge in [-0.2, -0.15) is 4.31 Å². The molecule has 0 spiro atoms. The van der Waals surface area contributed by atoms with Gasteiger partial charge in [-0.05, 0) is 50.8 Å². The lowest BCUT2D eigenvalue weighted by molar-refractivity contribution is 0.225. The molecule has 0 radical (unpaired) electrons. The average molecular weight is 393 g/mol. The highest BCUT2D eigenvalue weighted by molar-refractivity contribution is 7.89. The van der Waals surface area contributed by atoms with Crippen molar-refractivity contribution >= 4 is 10.0 Å². The van der Waals surface area contributed by atoms with E-state index in [-0.39, 0.29) is 16.9 Å². The minimum atomic E-state index is -3.70. The van der Waals surface area contributed by atoms with Crippen LogP contribution in [-0.4, -0.2) is 48.5 Å². The number of sulfonamides is 1. The summed E-state index contributed by atoms with van der Waals surface area (Å²) in [6, 6.07) is 5.19. The topological polar surface area (TPSA) is 66.7 Å². The monoisotopic (exact) mass is 393 g/mol. The van der Waals surface area contributed by atoms with Gasteiger partial charge in [-0.15, -0.1) is 0 Å². The highest BCUT2D eigenvalue weighted by Gasteiger charge is 2.41. The van der Waals surface area contributed by atoms with Crippen molar-refractivity contribution in [1.82, 2.24) is 14.4 Å². The van der Waals surface area contributed by atoms with Crippen LogP contribution in [0.25, 0.3) is 0 Å². The molecule has 27 heavy (non-hydrogen) atoms. The van der Waals surface area contributed by atoms with Crippen molar-refractivity contribution in [3.63, 3.8) is 0 Å². The summed E-state index contributed by atoms with van der Waals surface area (Å²) in [7, 11) is -3.70. The molecule has 3 aliphatic heterocycles. The summed E-state index contributed by atoms with van der Waals surface area (Å²) in [5, 5.41) is 4.02. The van der Waals surface area contributed by atoms with Crippen molar-refractivity contribution in [2.24, 2.45) is 5.92 Å². The van der Waals surface area contributed by atoms with Gasteiger partial charge in [-0.1, -0.05) is 11.2 Å². The maximum absolute atomic E-state index is 13.6. The number of rotatable bonds is 4. The Morgan fingerprint density at radius 3 is 2.74 bits per heavy atom. The molecule has 146 valence electrons. The molecule has 0 aliphatic carbocycles. The van der Waals surface area contributed by atoms with Gasteiger partial charge < -0.3 is 4.52 Å². The first-order valence-electron chi connectivity index (χ1n) is 9.26. The molecule has 8 heteroatoms. The normalized spacial score (nSPS) is 24.3. The lowest BCUT2D eigenvalue weighted by Crippen LogP contribution is -2.47. The summed E-state index contributed by atoms with van der Waals surface area (Å²) in [6.07, 6.45) is 1.84. The van der Waals surface area contributed by atoms with E-state index < -0.39 is 15.8 Å². The van der Waals surface area contributed by atoms with Gasteiger partial charge in [0.25, 0.3) is 0 Å². The van der Waals surface area contributed by atoms with Crippen molar-refractivity contribution < 1.29 is 17.3 Å². The summed E-state index contributed by atoms with van der Waals surface area (Å²) < 4.78 is 46.7. The van der Waals surface area contributed by atoms with Crippen LogP contribution in [0.2, 0.25) is 0 Å². The van der Waals surface area contributed by atoms with E-state index >= 15 is 0 Å². The van der Waals surface area contributed by atoms with Crippen molar-refractivity contribution in [1.29, 1.82) is 0 Å². The zero-order valence-corrected chi connectivity index (χ0v) is 16.4. The number of benzene rings is 1. The second kappa shape index (κ2) is 7.00. The van der Waals surface area contributed by atoms with Gasteiger partial charge in [0.05, 0.1) is 10.6 Å². The number of hydrogen-bond donors (Lipinski definition) is 0. The summed E-state index contributed by atoms with van der Waals surface area (Å²) in [5.74, 6) is 0.553. The van der Waals surface area contributed by atoms with Crippen LogP contribution in [0.1, 0.15) is 29.9 Å². The molecule has 6 nitrogen and oxygen atoms in total. The minimum absolute atomic E-state index is 0.0346. The lowest BCUT2D eigenvalue weighted by Gasteiger charge is -2.35. The second-order valence-electron chi connectivity index (χ2n) is 7.63. The zero-order valence-electron chi connectivity index (χ0n) is 15.6. The van der Waals surface area contributed by atoms with Crippen LogP contribution in [0.5, 0.6) is 0 Å². The van der Waals surface area contributed by atoms with Crippen LogP contribution in [0.15, 0.2) is 33.7 Å². The van der Waals surface area contributed by atoms with Crippen LogP contribution in [0.3, 0.4) is 0 Å². The van der Waals surface area contributed by atoms with E-state index in [0.717, 1.165) is 42.5 Å². The maximum atomic E-state index is 13.6. The van der Waals surface area contributed by atoms with E-state index in [0.29, 0.717) is 19.6 Å². The van der Waals surface area contributed by atoms with Crippen LogP contribution in [-0.2, 0) is 16.6 Å². The van der Waals surface area contributed by atoms with E-state index in [4.69, 9.17) is 4.52 Å². The van der Waals surface area contributed by atoms with Crippen molar-refractivity contribution in [3.05, 3.63) is 47.1 Å². The second-order valence-corrected chi connectivity index (χ2v) is 9.52. The van der Waals surface area contributed by atoms with Crippen LogP contribution >= 0.6 is 0 Å². The number of nitrogens with zero attached hydrogens (tertiary/aromatic N) is 3. The molecule has 2 atom stereocenters. The maximum Gasteiger partial charge on any atom is 0.243 e. The number of aryl methyl sites for hydroxylation is 2. The first-order chi connectivity index (χ1) is 12.8. The summed E-state index contributed by atoms with van der Waals surface area (Å²) in [5.41, 5.74) is 1.96. The zero-order chi connectivity index (χ0) is 19.2. The molecular weight excluding hydrogens is 369 g/mol. The smallest absolute Gasteiger partial charge is 0.243 e. The minimum Gasteiger partial charge on any atom is -0.361 e. The predicted molar refractivity (Wildman–Crippen MR) is 98.1 cm³/mol. The fourth-order valence-corrected chi connectivity index (χ4v) is 6.03. The Kier molecular flexibility index (Phi) is 4.82. The van der Waals surface area contributed by atoms with E-state index in [1.165, 1.54) is 18.2 Å². The Hall–Kier alpha value is -1.77. The highest BCUT2D eigenvalue weighted by Crippen LogP contribution is 2.33. The van der Waals surface area contributed by atoms with E-state index in [1.54, 1.807) is 4.31 Å². The number of halogens is 1. The first-order valence-corrected chi connectivity index (χ1v) is 10.7. The molecule has 3 aliphatic rings. The van der Waals surface area contributed by atoms with E-state index in [2.05, 4.69) is 10.1 Å². The van der Waals surface area contributed by atoms with E-state index in [1.807, 2.05) is 13.8 Å². The fraction of sp³-hybridized carbons (Fsp3) is 0.526. The average Bonchev–Trinajstić information content (AvgIpc) is 2.82. The molecule has 0 N–H and O–H groups in total. The van der Waals surface area contributed by atoms with Gasteiger partial charge in [-0.3, -0.25) is 4.90 Å². The van der Waals surface area contributed by atoms with Gasteiger partial charge in [0.1, 0.15) is 11.6 Å². The van der Waals surface area contributed by atoms with Crippen LogP contribution in [0.4, 0.5) is 4.39 Å². The molecule has 2 aromatic rings. The number of piperidine rings is 1. The number of hydrogen-bond acceptors (Lipinski definition) is 5. The van der Waals surface area contributed by atoms with Gasteiger partial charge in [0.15, 0.2) is 0 Å². The molecule has 0 amide bonds. The SMILES string of the molecule is Cc1noc(C)c1CN1C[C@@H]2CC[C@H](C1)N(S(=O)(=O)c1cccc(F)c1)C2. The van der Waals surface area contributed by atoms with Crippen molar-refractivity contribution in [2.75, 3.05) is 19.6 Å². The third-order valence-corrected chi connectivity index (χ3v) is 7.62. The number of aromatic nitrogens is 1. The summed E-state index contributed by atoms with van der Waals surface area (Å²) in [6.45, 7) is 6.54. The molecule has 0 saturated carbocycles. The third kappa shape index (κ3) is 3.53. The Morgan fingerprint density at radius 2 is 2.04 bits per heavy atom. The Morgan fingerprint density at radius 1 is 1.22 bits per heavy atom. The Balaban J connectivity index is 1.58. The standard InChI is InChI=1S/C19H24FN3O3S/c1-13-19(14(2)26-21-13)12-22-9-15-6-7-17(11-22)23(10-15)27(24,25)18-5-3-4-16(20)8-18/h3-5,8,15,17H,6-7,9-12H2,1-2H3/t15-,17+/m0/s1. The Bertz CT molecular complexity index is 924. The first kappa shape index (κ1) is 18.6. The summed E-state index contributed by atoms with van der Waals surface area (Å²) in [4.78, 5) is 2.34. The molecule has 5 rings (SSSR count). The van der Waals surface area contributed by atoms with Gasteiger partial charge >= 0.3 is 0 Å². The molecule has 3 saturated heterocycles. The molecule has 1 aromatic heterocycles. The van der Waals surface area contributed by atoms with Crippen LogP contribution < -0.4 is 0 Å².